The number of aromatic nitrogens is 2. The van der Waals surface area contributed by atoms with Gasteiger partial charge in [0.25, 0.3) is 0 Å². The van der Waals surface area contributed by atoms with E-state index in [0.29, 0.717) is 13.2 Å². The fourth-order valence-corrected chi connectivity index (χ4v) is 2.98. The molecule has 7 heteroatoms. The summed E-state index contributed by atoms with van der Waals surface area (Å²) in [4.78, 5) is 23.8. The van der Waals surface area contributed by atoms with Crippen LogP contribution in [0.3, 0.4) is 0 Å². The van der Waals surface area contributed by atoms with Gasteiger partial charge in [0.1, 0.15) is 0 Å². The van der Waals surface area contributed by atoms with Gasteiger partial charge in [0, 0.05) is 49.3 Å². The maximum absolute atomic E-state index is 11.0. The van der Waals surface area contributed by atoms with E-state index in [-0.39, 0.29) is 18.6 Å². The van der Waals surface area contributed by atoms with Crippen molar-refractivity contribution >= 4 is 22.5 Å². The Bertz CT molecular complexity index is 688. The second-order valence-electron chi connectivity index (χ2n) is 5.82. The topological polar surface area (TPSA) is 84.6 Å². The van der Waals surface area contributed by atoms with Crippen LogP contribution in [-0.4, -0.2) is 66.7 Å². The van der Waals surface area contributed by atoms with E-state index in [1.54, 1.807) is 6.20 Å². The van der Waals surface area contributed by atoms with Crippen LogP contribution in [0.1, 0.15) is 0 Å². The van der Waals surface area contributed by atoms with Gasteiger partial charge < -0.3 is 15.4 Å². The number of carbonyl (C=O) groups is 1. The average Bonchev–Trinajstić information content (AvgIpc) is 2.53. The summed E-state index contributed by atoms with van der Waals surface area (Å²) in [5, 5.41) is 1.04. The van der Waals surface area contributed by atoms with E-state index < -0.39 is 0 Å². The normalized spacial score (nSPS) is 18.5. The van der Waals surface area contributed by atoms with E-state index in [2.05, 4.69) is 14.9 Å². The summed E-state index contributed by atoms with van der Waals surface area (Å²) in [6.07, 6.45) is 5.45. The van der Waals surface area contributed by atoms with Gasteiger partial charge in [0.2, 0.25) is 5.91 Å². The highest BCUT2D eigenvalue weighted by Crippen LogP contribution is 2.26. The predicted molar refractivity (Wildman–Crippen MR) is 88.2 cm³/mol. The second kappa shape index (κ2) is 6.89. The Kier molecular flexibility index (Phi) is 4.68. The van der Waals surface area contributed by atoms with Crippen molar-refractivity contribution in [3.63, 3.8) is 0 Å². The number of morpholine rings is 1. The van der Waals surface area contributed by atoms with Gasteiger partial charge in [-0.3, -0.25) is 19.7 Å². The van der Waals surface area contributed by atoms with Crippen LogP contribution in [0.4, 0.5) is 5.69 Å². The lowest BCUT2D eigenvalue weighted by Crippen LogP contribution is -2.48. The molecule has 7 nitrogen and oxygen atoms in total. The van der Waals surface area contributed by atoms with Crippen molar-refractivity contribution in [3.05, 3.63) is 30.7 Å². The number of hydrogen-bond donors (Lipinski definition) is 1. The number of anilines is 1. The lowest BCUT2D eigenvalue weighted by atomic mass is 10.1. The monoisotopic (exact) mass is 315 g/mol. The highest BCUT2D eigenvalue weighted by atomic mass is 16.5. The SMILES string of the molecule is CN(CC(N)=O)C[C@@H]1CN(c2ccnc3ccncc23)CCO1. The van der Waals surface area contributed by atoms with Gasteiger partial charge >= 0.3 is 0 Å². The lowest BCUT2D eigenvalue weighted by Gasteiger charge is -2.36. The molecule has 0 aromatic carbocycles. The van der Waals surface area contributed by atoms with Gasteiger partial charge in [-0.25, -0.2) is 0 Å². The highest BCUT2D eigenvalue weighted by molar-refractivity contribution is 5.90. The molecule has 0 unspecified atom stereocenters. The van der Waals surface area contributed by atoms with Gasteiger partial charge in [0.15, 0.2) is 0 Å². The van der Waals surface area contributed by atoms with Crippen LogP contribution in [-0.2, 0) is 9.53 Å². The van der Waals surface area contributed by atoms with Crippen molar-refractivity contribution in [1.82, 2.24) is 14.9 Å². The molecule has 2 aromatic rings. The van der Waals surface area contributed by atoms with E-state index in [4.69, 9.17) is 10.5 Å². The highest BCUT2D eigenvalue weighted by Gasteiger charge is 2.23. The molecule has 1 amide bonds. The summed E-state index contributed by atoms with van der Waals surface area (Å²) >= 11 is 0. The van der Waals surface area contributed by atoms with Crippen LogP contribution >= 0.6 is 0 Å². The summed E-state index contributed by atoms with van der Waals surface area (Å²) in [6, 6.07) is 3.93. The molecule has 1 fully saturated rings. The number of primary amides is 1. The van der Waals surface area contributed by atoms with Gasteiger partial charge in [-0.1, -0.05) is 0 Å². The van der Waals surface area contributed by atoms with E-state index in [9.17, 15) is 4.79 Å². The smallest absolute Gasteiger partial charge is 0.231 e. The molecule has 1 saturated heterocycles. The molecule has 2 N–H and O–H groups in total. The molecular formula is C16H21N5O2. The zero-order valence-electron chi connectivity index (χ0n) is 13.2. The lowest BCUT2D eigenvalue weighted by molar-refractivity contribution is -0.119. The molecule has 0 aliphatic carbocycles. The van der Waals surface area contributed by atoms with Crippen molar-refractivity contribution in [2.24, 2.45) is 5.73 Å². The molecule has 1 aliphatic rings. The molecule has 0 spiro atoms. The van der Waals surface area contributed by atoms with Crippen molar-refractivity contribution in [3.8, 4) is 0 Å². The number of carbonyl (C=O) groups excluding carboxylic acids is 1. The number of fused-ring (bicyclic) bond motifs is 1. The maximum atomic E-state index is 11.0. The first-order valence-electron chi connectivity index (χ1n) is 7.65. The first kappa shape index (κ1) is 15.6. The molecule has 0 radical (unpaired) electrons. The van der Waals surface area contributed by atoms with E-state index in [1.807, 2.05) is 36.5 Å². The fourth-order valence-electron chi connectivity index (χ4n) is 2.98. The first-order chi connectivity index (χ1) is 11.1. The van der Waals surface area contributed by atoms with Crippen molar-refractivity contribution in [2.45, 2.75) is 6.10 Å². The zero-order valence-corrected chi connectivity index (χ0v) is 13.2. The quantitative estimate of drug-likeness (QED) is 0.851. The summed E-state index contributed by atoms with van der Waals surface area (Å²) in [5.41, 5.74) is 7.29. The van der Waals surface area contributed by atoms with Crippen LogP contribution in [0, 0.1) is 0 Å². The molecule has 23 heavy (non-hydrogen) atoms. The fraction of sp³-hybridized carbons (Fsp3) is 0.438. The number of ether oxygens (including phenoxy) is 1. The molecular weight excluding hydrogens is 294 g/mol. The first-order valence-corrected chi connectivity index (χ1v) is 7.65. The van der Waals surface area contributed by atoms with Crippen LogP contribution in [0.5, 0.6) is 0 Å². The Balaban J connectivity index is 1.74. The van der Waals surface area contributed by atoms with Crippen molar-refractivity contribution < 1.29 is 9.53 Å². The van der Waals surface area contributed by atoms with E-state index >= 15 is 0 Å². The van der Waals surface area contributed by atoms with Crippen LogP contribution in [0.2, 0.25) is 0 Å². The summed E-state index contributed by atoms with van der Waals surface area (Å²) in [5.74, 6) is -0.327. The molecule has 3 heterocycles. The van der Waals surface area contributed by atoms with Gasteiger partial charge in [-0.15, -0.1) is 0 Å². The van der Waals surface area contributed by atoms with Crippen LogP contribution < -0.4 is 10.6 Å². The molecule has 3 rings (SSSR count). The number of likely N-dealkylation sites (N-methyl/N-ethyl adjacent to an activating group) is 1. The third-order valence-corrected chi connectivity index (χ3v) is 3.94. The van der Waals surface area contributed by atoms with Gasteiger partial charge in [-0.05, 0) is 19.2 Å². The largest absolute Gasteiger partial charge is 0.373 e. The standard InChI is InChI=1S/C16H21N5O2/c1-20(11-16(17)22)9-12-10-21(6-7-23-12)15-3-5-19-14-2-4-18-8-13(14)15/h2-5,8,12H,6-7,9-11H2,1H3,(H2,17,22)/t12-/m1/s1. The Morgan fingerprint density at radius 3 is 3.17 bits per heavy atom. The molecule has 0 saturated carbocycles. The third-order valence-electron chi connectivity index (χ3n) is 3.94. The molecule has 0 bridgehead atoms. The summed E-state index contributed by atoms with van der Waals surface area (Å²) < 4.78 is 5.83. The Morgan fingerprint density at radius 2 is 2.35 bits per heavy atom. The summed E-state index contributed by atoms with van der Waals surface area (Å²) in [6.45, 7) is 3.14. The predicted octanol–water partition coefficient (Wildman–Crippen LogP) is 0.252. The number of rotatable bonds is 5. The number of amides is 1. The minimum absolute atomic E-state index is 0.0352. The van der Waals surface area contributed by atoms with E-state index in [1.165, 1.54) is 0 Å². The Labute approximate surface area is 135 Å². The summed E-state index contributed by atoms with van der Waals surface area (Å²) in [7, 11) is 1.87. The van der Waals surface area contributed by atoms with Gasteiger partial charge in [0.05, 0.1) is 24.8 Å². The second-order valence-corrected chi connectivity index (χ2v) is 5.82. The third kappa shape index (κ3) is 3.75. The maximum Gasteiger partial charge on any atom is 0.231 e. The van der Waals surface area contributed by atoms with Crippen molar-refractivity contribution in [1.29, 1.82) is 0 Å². The van der Waals surface area contributed by atoms with Gasteiger partial charge in [-0.2, -0.15) is 0 Å². The number of nitrogens with zero attached hydrogens (tertiary/aromatic N) is 4. The van der Waals surface area contributed by atoms with E-state index in [0.717, 1.165) is 29.7 Å². The average molecular weight is 315 g/mol. The van der Waals surface area contributed by atoms with Crippen LogP contribution in [0.25, 0.3) is 10.9 Å². The minimum atomic E-state index is -0.327. The Morgan fingerprint density at radius 1 is 1.48 bits per heavy atom. The minimum Gasteiger partial charge on any atom is -0.373 e. The molecule has 2 aromatic heterocycles. The number of hydrogen-bond acceptors (Lipinski definition) is 6. The van der Waals surface area contributed by atoms with Crippen molar-refractivity contribution in [2.75, 3.05) is 44.7 Å². The zero-order chi connectivity index (χ0) is 16.2. The molecule has 1 aliphatic heterocycles. The number of nitrogens with two attached hydrogens (primary N) is 1. The molecule has 122 valence electrons. The Hall–Kier alpha value is -2.25. The molecule has 1 atom stereocenters. The number of pyridine rings is 2. The van der Waals surface area contributed by atoms with Crippen LogP contribution in [0.15, 0.2) is 30.7 Å².